The average molecular weight is 324 g/mol. The third-order valence-corrected chi connectivity index (χ3v) is 3.25. The monoisotopic (exact) mass is 322 g/mol. The van der Waals surface area contributed by atoms with E-state index in [1.54, 1.807) is 6.07 Å². The Kier molecular flexibility index (Phi) is 5.36. The highest BCUT2D eigenvalue weighted by Crippen LogP contribution is 2.23. The first-order valence-corrected chi connectivity index (χ1v) is 5.95. The van der Waals surface area contributed by atoms with Crippen LogP contribution in [0.5, 0.6) is 0 Å². The number of hydrogen-bond acceptors (Lipinski definition) is 2. The molecule has 1 saturated heterocycles. The van der Waals surface area contributed by atoms with Gasteiger partial charge in [0.1, 0.15) is 5.82 Å². The molecule has 0 bridgehead atoms. The smallest absolute Gasteiger partial charge is 0.241 e. The Morgan fingerprint density at radius 2 is 2.29 bits per heavy atom. The van der Waals surface area contributed by atoms with Crippen LogP contribution in [-0.2, 0) is 4.79 Å². The Morgan fingerprint density at radius 3 is 2.94 bits per heavy atom. The van der Waals surface area contributed by atoms with Crippen molar-refractivity contribution in [3.63, 3.8) is 0 Å². The van der Waals surface area contributed by atoms with Gasteiger partial charge in [0.05, 0.1) is 11.7 Å². The van der Waals surface area contributed by atoms with Gasteiger partial charge in [0.2, 0.25) is 5.91 Å². The second kappa shape index (κ2) is 6.33. The molecule has 2 N–H and O–H groups in total. The van der Waals surface area contributed by atoms with Gasteiger partial charge in [-0.15, -0.1) is 12.4 Å². The molecular formula is C11H13BrClFN2O. The SMILES string of the molecule is Cl.O=C(Nc1cc(F)ccc1Br)C1CCCN1. The summed E-state index contributed by atoms with van der Waals surface area (Å²) in [6.07, 6.45) is 1.83. The van der Waals surface area contributed by atoms with Crippen molar-refractivity contribution in [2.45, 2.75) is 18.9 Å². The first-order valence-electron chi connectivity index (χ1n) is 5.16. The number of benzene rings is 1. The topological polar surface area (TPSA) is 41.1 Å². The summed E-state index contributed by atoms with van der Waals surface area (Å²) in [5.41, 5.74) is 0.471. The van der Waals surface area contributed by atoms with Crippen molar-refractivity contribution in [2.24, 2.45) is 0 Å². The minimum Gasteiger partial charge on any atom is -0.324 e. The van der Waals surface area contributed by atoms with Crippen molar-refractivity contribution in [3.8, 4) is 0 Å². The van der Waals surface area contributed by atoms with Crippen LogP contribution in [0.1, 0.15) is 12.8 Å². The van der Waals surface area contributed by atoms with E-state index >= 15 is 0 Å². The molecule has 2 rings (SSSR count). The number of carbonyl (C=O) groups is 1. The number of anilines is 1. The first-order chi connectivity index (χ1) is 7.66. The highest BCUT2D eigenvalue weighted by atomic mass is 79.9. The lowest BCUT2D eigenvalue weighted by molar-refractivity contribution is -0.117. The number of nitrogens with one attached hydrogen (secondary N) is 2. The predicted octanol–water partition coefficient (Wildman–Crippen LogP) is 2.70. The van der Waals surface area contributed by atoms with Gasteiger partial charge in [-0.1, -0.05) is 0 Å². The lowest BCUT2D eigenvalue weighted by Crippen LogP contribution is -2.35. The fourth-order valence-corrected chi connectivity index (χ4v) is 2.07. The number of carbonyl (C=O) groups excluding carboxylic acids is 1. The zero-order valence-electron chi connectivity index (χ0n) is 9.00. The van der Waals surface area contributed by atoms with Crippen molar-refractivity contribution >= 4 is 39.9 Å². The number of rotatable bonds is 2. The molecule has 0 aromatic heterocycles. The van der Waals surface area contributed by atoms with Gasteiger partial charge in [-0.2, -0.15) is 0 Å². The predicted molar refractivity (Wildman–Crippen MR) is 71.0 cm³/mol. The second-order valence-electron chi connectivity index (χ2n) is 3.76. The van der Waals surface area contributed by atoms with E-state index in [1.165, 1.54) is 12.1 Å². The van der Waals surface area contributed by atoms with E-state index in [0.29, 0.717) is 10.2 Å². The molecule has 1 atom stereocenters. The quantitative estimate of drug-likeness (QED) is 0.878. The van der Waals surface area contributed by atoms with Crippen LogP contribution in [0.2, 0.25) is 0 Å². The molecule has 1 aliphatic rings. The fourth-order valence-electron chi connectivity index (χ4n) is 1.72. The van der Waals surface area contributed by atoms with Crippen LogP contribution in [0, 0.1) is 5.82 Å². The van der Waals surface area contributed by atoms with Crippen LogP contribution in [0.25, 0.3) is 0 Å². The van der Waals surface area contributed by atoms with E-state index in [0.717, 1.165) is 19.4 Å². The minimum absolute atomic E-state index is 0. The van der Waals surface area contributed by atoms with E-state index in [9.17, 15) is 9.18 Å². The van der Waals surface area contributed by atoms with E-state index in [2.05, 4.69) is 26.6 Å². The Bertz CT molecular complexity index is 410. The molecule has 3 nitrogen and oxygen atoms in total. The zero-order chi connectivity index (χ0) is 11.5. The highest BCUT2D eigenvalue weighted by Gasteiger charge is 2.22. The van der Waals surface area contributed by atoms with Gasteiger partial charge < -0.3 is 10.6 Å². The van der Waals surface area contributed by atoms with Crippen LogP contribution in [0.15, 0.2) is 22.7 Å². The van der Waals surface area contributed by atoms with Crippen molar-refractivity contribution in [1.29, 1.82) is 0 Å². The van der Waals surface area contributed by atoms with Gasteiger partial charge in [0.25, 0.3) is 0 Å². The summed E-state index contributed by atoms with van der Waals surface area (Å²) in [5, 5.41) is 5.79. The van der Waals surface area contributed by atoms with E-state index in [4.69, 9.17) is 0 Å². The van der Waals surface area contributed by atoms with Crippen molar-refractivity contribution < 1.29 is 9.18 Å². The summed E-state index contributed by atoms with van der Waals surface area (Å²) in [5.74, 6) is -0.471. The first kappa shape index (κ1) is 14.4. The summed E-state index contributed by atoms with van der Waals surface area (Å²) in [6, 6.07) is 4.06. The summed E-state index contributed by atoms with van der Waals surface area (Å²) >= 11 is 3.27. The molecule has 0 spiro atoms. The molecule has 0 aliphatic carbocycles. The average Bonchev–Trinajstić information content (AvgIpc) is 2.76. The molecule has 1 aromatic rings. The lowest BCUT2D eigenvalue weighted by Gasteiger charge is -2.12. The summed E-state index contributed by atoms with van der Waals surface area (Å²) in [7, 11) is 0. The van der Waals surface area contributed by atoms with Gasteiger partial charge in [-0.3, -0.25) is 4.79 Å². The van der Waals surface area contributed by atoms with Crippen molar-refractivity contribution in [1.82, 2.24) is 5.32 Å². The van der Waals surface area contributed by atoms with E-state index in [-0.39, 0.29) is 30.2 Å². The molecule has 1 heterocycles. The molecule has 1 aliphatic heterocycles. The summed E-state index contributed by atoms with van der Waals surface area (Å²) in [6.45, 7) is 0.863. The summed E-state index contributed by atoms with van der Waals surface area (Å²) in [4.78, 5) is 11.8. The Morgan fingerprint density at radius 1 is 1.53 bits per heavy atom. The largest absolute Gasteiger partial charge is 0.324 e. The van der Waals surface area contributed by atoms with Gasteiger partial charge in [0.15, 0.2) is 0 Å². The minimum atomic E-state index is -0.363. The maximum Gasteiger partial charge on any atom is 0.241 e. The fraction of sp³-hybridized carbons (Fsp3) is 0.364. The third kappa shape index (κ3) is 3.66. The molecular weight excluding hydrogens is 310 g/mol. The van der Waals surface area contributed by atoms with Crippen LogP contribution in [0.3, 0.4) is 0 Å². The Balaban J connectivity index is 0.00000144. The normalized spacial score (nSPS) is 18.6. The number of halogens is 3. The number of amides is 1. The zero-order valence-corrected chi connectivity index (χ0v) is 11.4. The van der Waals surface area contributed by atoms with Gasteiger partial charge in [-0.05, 0) is 53.5 Å². The molecule has 0 radical (unpaired) electrons. The second-order valence-corrected chi connectivity index (χ2v) is 4.62. The molecule has 1 fully saturated rings. The molecule has 6 heteroatoms. The third-order valence-electron chi connectivity index (χ3n) is 2.56. The van der Waals surface area contributed by atoms with Gasteiger partial charge in [-0.25, -0.2) is 4.39 Å². The molecule has 0 saturated carbocycles. The molecule has 1 unspecified atom stereocenters. The van der Waals surface area contributed by atoms with Crippen molar-refractivity contribution in [2.75, 3.05) is 11.9 Å². The van der Waals surface area contributed by atoms with Crippen LogP contribution in [0.4, 0.5) is 10.1 Å². The molecule has 1 aromatic carbocycles. The Hall–Kier alpha value is -0.650. The lowest BCUT2D eigenvalue weighted by atomic mass is 10.2. The highest BCUT2D eigenvalue weighted by molar-refractivity contribution is 9.10. The molecule has 1 amide bonds. The molecule has 17 heavy (non-hydrogen) atoms. The number of hydrogen-bond donors (Lipinski definition) is 2. The van der Waals surface area contributed by atoms with Crippen molar-refractivity contribution in [3.05, 3.63) is 28.5 Å². The van der Waals surface area contributed by atoms with Gasteiger partial charge in [0, 0.05) is 4.47 Å². The molecule has 94 valence electrons. The standard InChI is InChI=1S/C11H12BrFN2O.ClH/c12-8-4-3-7(13)6-10(8)15-11(16)9-2-1-5-14-9;/h3-4,6,9,14H,1-2,5H2,(H,15,16);1H. The van der Waals surface area contributed by atoms with Crippen LogP contribution >= 0.6 is 28.3 Å². The van der Waals surface area contributed by atoms with Crippen LogP contribution in [-0.4, -0.2) is 18.5 Å². The summed E-state index contributed by atoms with van der Waals surface area (Å²) < 4.78 is 13.7. The maximum atomic E-state index is 13.0. The van der Waals surface area contributed by atoms with E-state index in [1.807, 2.05) is 0 Å². The Labute approximate surface area is 114 Å². The van der Waals surface area contributed by atoms with E-state index < -0.39 is 0 Å². The van der Waals surface area contributed by atoms with Crippen LogP contribution < -0.4 is 10.6 Å². The van der Waals surface area contributed by atoms with Gasteiger partial charge >= 0.3 is 0 Å². The maximum absolute atomic E-state index is 13.0.